The fourth-order valence-corrected chi connectivity index (χ4v) is 3.37. The van der Waals surface area contributed by atoms with Crippen molar-refractivity contribution < 1.29 is 19.2 Å². The van der Waals surface area contributed by atoms with Gasteiger partial charge in [-0.25, -0.2) is 0 Å². The van der Waals surface area contributed by atoms with E-state index in [2.05, 4.69) is 5.32 Å². The summed E-state index contributed by atoms with van der Waals surface area (Å²) < 4.78 is 5.19. The molecular weight excluding hydrogens is 410 g/mol. The summed E-state index contributed by atoms with van der Waals surface area (Å²) in [6.45, 7) is 6.55. The van der Waals surface area contributed by atoms with E-state index in [0.29, 0.717) is 24.3 Å². The van der Waals surface area contributed by atoms with Crippen LogP contribution in [0.3, 0.4) is 0 Å². The first-order valence-electron chi connectivity index (χ1n) is 10.7. The smallest absolute Gasteiger partial charge is 0.273 e. The Bertz CT molecular complexity index is 927. The Morgan fingerprint density at radius 1 is 1.12 bits per heavy atom. The number of amides is 2. The van der Waals surface area contributed by atoms with E-state index in [1.54, 1.807) is 37.4 Å². The molecule has 8 heteroatoms. The molecule has 1 atom stereocenters. The van der Waals surface area contributed by atoms with Crippen molar-refractivity contribution in [3.05, 3.63) is 69.8 Å². The summed E-state index contributed by atoms with van der Waals surface area (Å²) in [4.78, 5) is 38.7. The summed E-state index contributed by atoms with van der Waals surface area (Å²) in [6, 6.07) is 12.7. The van der Waals surface area contributed by atoms with Crippen molar-refractivity contribution in [1.29, 1.82) is 0 Å². The number of ether oxygens (including phenoxy) is 1. The van der Waals surface area contributed by atoms with Crippen LogP contribution in [0.15, 0.2) is 48.5 Å². The fraction of sp³-hybridized carbons (Fsp3) is 0.417. The van der Waals surface area contributed by atoms with Gasteiger partial charge >= 0.3 is 0 Å². The third-order valence-corrected chi connectivity index (χ3v) is 5.11. The topological polar surface area (TPSA) is 102 Å². The Kier molecular flexibility index (Phi) is 9.19. The second-order valence-electron chi connectivity index (χ2n) is 8.00. The molecule has 2 aromatic rings. The Morgan fingerprint density at radius 3 is 2.34 bits per heavy atom. The molecule has 0 bridgehead atoms. The highest BCUT2D eigenvalue weighted by Crippen LogP contribution is 2.21. The van der Waals surface area contributed by atoms with Crippen LogP contribution < -0.4 is 10.1 Å². The predicted molar refractivity (Wildman–Crippen MR) is 122 cm³/mol. The number of para-hydroxylation sites is 1. The molecule has 0 spiro atoms. The van der Waals surface area contributed by atoms with Gasteiger partial charge in [-0.3, -0.25) is 19.7 Å². The molecule has 2 aromatic carbocycles. The molecule has 0 aliphatic carbocycles. The maximum absolute atomic E-state index is 13.4. The van der Waals surface area contributed by atoms with Gasteiger partial charge in [0, 0.05) is 24.7 Å². The van der Waals surface area contributed by atoms with Gasteiger partial charge < -0.3 is 15.0 Å². The van der Waals surface area contributed by atoms with Crippen LogP contribution >= 0.6 is 0 Å². The second-order valence-corrected chi connectivity index (χ2v) is 8.00. The van der Waals surface area contributed by atoms with E-state index >= 15 is 0 Å². The van der Waals surface area contributed by atoms with Gasteiger partial charge in [-0.2, -0.15) is 0 Å². The van der Waals surface area contributed by atoms with E-state index < -0.39 is 11.0 Å². The Labute approximate surface area is 188 Å². The van der Waals surface area contributed by atoms with E-state index in [4.69, 9.17) is 4.74 Å². The first-order valence-corrected chi connectivity index (χ1v) is 10.7. The molecule has 0 fully saturated rings. The molecule has 0 heterocycles. The number of carbonyl (C=O) groups is 2. The molecule has 0 aromatic heterocycles. The average Bonchev–Trinajstić information content (AvgIpc) is 2.78. The lowest BCUT2D eigenvalue weighted by atomic mass is 10.0. The number of nitro benzene ring substituents is 1. The van der Waals surface area contributed by atoms with Crippen LogP contribution in [0.2, 0.25) is 0 Å². The third-order valence-electron chi connectivity index (χ3n) is 5.11. The number of rotatable bonds is 11. The Balaban J connectivity index is 2.33. The van der Waals surface area contributed by atoms with Crippen LogP contribution in [0.1, 0.15) is 38.3 Å². The van der Waals surface area contributed by atoms with Crippen LogP contribution in [0.25, 0.3) is 0 Å². The number of hydrogen-bond acceptors (Lipinski definition) is 5. The highest BCUT2D eigenvalue weighted by atomic mass is 16.6. The molecule has 1 unspecified atom stereocenters. The molecule has 0 saturated heterocycles. The fourth-order valence-electron chi connectivity index (χ4n) is 3.37. The number of benzene rings is 2. The highest BCUT2D eigenvalue weighted by Gasteiger charge is 2.30. The lowest BCUT2D eigenvalue weighted by molar-refractivity contribution is -0.385. The minimum Gasteiger partial charge on any atom is -0.497 e. The predicted octanol–water partition coefficient (Wildman–Crippen LogP) is 3.73. The van der Waals surface area contributed by atoms with Crippen molar-refractivity contribution in [1.82, 2.24) is 10.2 Å². The van der Waals surface area contributed by atoms with Crippen molar-refractivity contribution >= 4 is 17.5 Å². The van der Waals surface area contributed by atoms with E-state index in [1.165, 1.54) is 11.0 Å². The zero-order chi connectivity index (χ0) is 23.7. The molecule has 8 nitrogen and oxygen atoms in total. The second kappa shape index (κ2) is 11.8. The zero-order valence-electron chi connectivity index (χ0n) is 19.0. The monoisotopic (exact) mass is 441 g/mol. The van der Waals surface area contributed by atoms with Gasteiger partial charge in [0.05, 0.1) is 18.5 Å². The van der Waals surface area contributed by atoms with Crippen LogP contribution in [0, 0.1) is 16.0 Å². The van der Waals surface area contributed by atoms with Crippen molar-refractivity contribution in [2.75, 3.05) is 13.7 Å². The molecule has 0 saturated carbocycles. The quantitative estimate of drug-likeness (QED) is 0.423. The largest absolute Gasteiger partial charge is 0.497 e. The lowest BCUT2D eigenvalue weighted by Gasteiger charge is -2.31. The molecule has 172 valence electrons. The van der Waals surface area contributed by atoms with Crippen LogP contribution in [-0.4, -0.2) is 41.3 Å². The summed E-state index contributed by atoms with van der Waals surface area (Å²) in [6.07, 6.45) is 0.254. The molecule has 1 N–H and O–H groups in total. The minimum atomic E-state index is -0.689. The first kappa shape index (κ1) is 24.8. The molecule has 0 aliphatic rings. The van der Waals surface area contributed by atoms with Crippen molar-refractivity contribution in [3.63, 3.8) is 0 Å². The number of nitro groups is 1. The minimum absolute atomic E-state index is 0.109. The first-order chi connectivity index (χ1) is 15.3. The molecular formula is C24H31N3O5. The van der Waals surface area contributed by atoms with Gasteiger partial charge in [0.25, 0.3) is 5.69 Å². The van der Waals surface area contributed by atoms with Gasteiger partial charge in [-0.05, 0) is 30.0 Å². The van der Waals surface area contributed by atoms with E-state index in [0.717, 1.165) is 5.56 Å². The molecule has 32 heavy (non-hydrogen) atoms. The standard InChI is InChI=1S/C24H31N3O5/c1-5-21(24(29)25-15-17(2)3)26(16-18-10-12-20(32-4)13-11-18)23(28)14-19-8-6-7-9-22(19)27(30)31/h6-13,17,21H,5,14-16H2,1-4H3,(H,25,29). The number of hydrogen-bond donors (Lipinski definition) is 1. The SMILES string of the molecule is CCC(C(=O)NCC(C)C)N(Cc1ccc(OC)cc1)C(=O)Cc1ccccc1[N+](=O)[O-]. The third kappa shape index (κ3) is 6.80. The normalized spacial score (nSPS) is 11.7. The van der Waals surface area contributed by atoms with Crippen LogP contribution in [0.4, 0.5) is 5.69 Å². The number of methoxy groups -OCH3 is 1. The lowest BCUT2D eigenvalue weighted by Crippen LogP contribution is -2.50. The molecule has 2 amide bonds. The van der Waals surface area contributed by atoms with Crippen molar-refractivity contribution in [3.8, 4) is 5.75 Å². The zero-order valence-corrected chi connectivity index (χ0v) is 19.0. The number of carbonyl (C=O) groups excluding carboxylic acids is 2. The molecule has 0 radical (unpaired) electrons. The maximum Gasteiger partial charge on any atom is 0.273 e. The summed E-state index contributed by atoms with van der Waals surface area (Å²) in [5.41, 5.74) is 1.04. The van der Waals surface area contributed by atoms with Crippen LogP contribution in [0.5, 0.6) is 5.75 Å². The summed E-state index contributed by atoms with van der Waals surface area (Å²) in [7, 11) is 1.57. The summed E-state index contributed by atoms with van der Waals surface area (Å²) in [5, 5.41) is 14.3. The molecule has 2 rings (SSSR count). The van der Waals surface area contributed by atoms with Gasteiger partial charge in [0.15, 0.2) is 0 Å². The number of nitrogens with one attached hydrogen (secondary N) is 1. The Hall–Kier alpha value is -3.42. The van der Waals surface area contributed by atoms with E-state index in [-0.39, 0.29) is 36.4 Å². The van der Waals surface area contributed by atoms with Crippen molar-refractivity contribution in [2.24, 2.45) is 5.92 Å². The van der Waals surface area contributed by atoms with Crippen LogP contribution in [-0.2, 0) is 22.6 Å². The molecule has 0 aliphatic heterocycles. The Morgan fingerprint density at radius 2 is 1.78 bits per heavy atom. The summed E-state index contributed by atoms with van der Waals surface area (Å²) >= 11 is 0. The van der Waals surface area contributed by atoms with E-state index in [1.807, 2.05) is 32.9 Å². The van der Waals surface area contributed by atoms with Gasteiger partial charge in [-0.15, -0.1) is 0 Å². The number of nitrogens with zero attached hydrogens (tertiary/aromatic N) is 2. The van der Waals surface area contributed by atoms with Crippen molar-refractivity contribution in [2.45, 2.75) is 46.2 Å². The maximum atomic E-state index is 13.4. The summed E-state index contributed by atoms with van der Waals surface area (Å²) in [5.74, 6) is 0.384. The van der Waals surface area contributed by atoms with Gasteiger partial charge in [0.2, 0.25) is 11.8 Å². The highest BCUT2D eigenvalue weighted by molar-refractivity contribution is 5.88. The van der Waals surface area contributed by atoms with Gasteiger partial charge in [-0.1, -0.05) is 51.1 Å². The van der Waals surface area contributed by atoms with E-state index in [9.17, 15) is 19.7 Å². The van der Waals surface area contributed by atoms with Gasteiger partial charge in [0.1, 0.15) is 11.8 Å². The average molecular weight is 442 g/mol.